The van der Waals surface area contributed by atoms with Gasteiger partial charge in [0.2, 0.25) is 0 Å². The zero-order valence-corrected chi connectivity index (χ0v) is 10.6. The first-order valence-electron chi connectivity index (χ1n) is 6.24. The summed E-state index contributed by atoms with van der Waals surface area (Å²) in [4.78, 5) is 11.2. The van der Waals surface area contributed by atoms with Crippen LogP contribution in [0.25, 0.3) is 0 Å². The number of anilines is 2. The molecule has 17 heavy (non-hydrogen) atoms. The van der Waals surface area contributed by atoms with Crippen LogP contribution in [0.15, 0.2) is 6.07 Å². The molecular weight excluding hydrogens is 214 g/mol. The van der Waals surface area contributed by atoms with Crippen molar-refractivity contribution in [2.75, 3.05) is 30.4 Å². The number of hydrogen-bond acceptors (Lipinski definition) is 5. The minimum absolute atomic E-state index is 0.419. The number of rotatable bonds is 3. The maximum atomic E-state index is 5.84. The average Bonchev–Trinajstić information content (AvgIpc) is 2.37. The number of hydrogen-bond donors (Lipinski definition) is 2. The molecule has 0 unspecified atom stereocenters. The van der Waals surface area contributed by atoms with Gasteiger partial charge in [0.05, 0.1) is 0 Å². The van der Waals surface area contributed by atoms with Crippen molar-refractivity contribution in [1.82, 2.24) is 9.97 Å². The lowest BCUT2D eigenvalue weighted by Crippen LogP contribution is -2.44. The second-order valence-electron chi connectivity index (χ2n) is 4.49. The van der Waals surface area contributed by atoms with Gasteiger partial charge in [-0.2, -0.15) is 0 Å². The van der Waals surface area contributed by atoms with Crippen molar-refractivity contribution in [3.63, 3.8) is 0 Å². The summed E-state index contributed by atoms with van der Waals surface area (Å²) >= 11 is 0. The maximum Gasteiger partial charge on any atom is 0.134 e. The van der Waals surface area contributed by atoms with Gasteiger partial charge in [0.25, 0.3) is 0 Å². The Bertz CT molecular complexity index is 379. The van der Waals surface area contributed by atoms with E-state index in [0.29, 0.717) is 12.6 Å². The lowest BCUT2D eigenvalue weighted by molar-refractivity contribution is 0.461. The first kappa shape index (κ1) is 12.1. The molecule has 0 amide bonds. The van der Waals surface area contributed by atoms with Gasteiger partial charge in [-0.05, 0) is 26.2 Å². The third kappa shape index (κ3) is 2.66. The lowest BCUT2D eigenvalue weighted by atomic mass is 10.0. The van der Waals surface area contributed by atoms with E-state index in [4.69, 9.17) is 5.73 Å². The van der Waals surface area contributed by atoms with Gasteiger partial charge in [0.15, 0.2) is 0 Å². The Morgan fingerprint density at radius 2 is 2.29 bits per heavy atom. The number of piperidine rings is 1. The van der Waals surface area contributed by atoms with E-state index in [2.05, 4.69) is 20.2 Å². The second-order valence-corrected chi connectivity index (χ2v) is 4.49. The SMILES string of the molecule is CNc1cc(N2CCCC[C@@H]2CN)nc(C)n1. The van der Waals surface area contributed by atoms with Gasteiger partial charge in [-0.3, -0.25) is 0 Å². The van der Waals surface area contributed by atoms with Crippen molar-refractivity contribution in [1.29, 1.82) is 0 Å². The van der Waals surface area contributed by atoms with Crippen LogP contribution in [0.4, 0.5) is 11.6 Å². The number of nitrogens with two attached hydrogens (primary N) is 1. The summed E-state index contributed by atoms with van der Waals surface area (Å²) in [6.07, 6.45) is 3.64. The summed E-state index contributed by atoms with van der Waals surface area (Å²) in [5.74, 6) is 2.67. The molecule has 0 radical (unpaired) electrons. The van der Waals surface area contributed by atoms with Crippen LogP contribution in [-0.4, -0.2) is 36.1 Å². The summed E-state index contributed by atoms with van der Waals surface area (Å²) in [6, 6.07) is 2.42. The molecule has 0 spiro atoms. The molecule has 1 saturated heterocycles. The standard InChI is InChI=1S/C12H21N5/c1-9-15-11(14-2)7-12(16-9)17-6-4-3-5-10(17)8-13/h7,10H,3-6,8,13H2,1-2H3,(H,14,15,16)/t10-/m1/s1. The van der Waals surface area contributed by atoms with E-state index in [0.717, 1.165) is 30.4 Å². The van der Waals surface area contributed by atoms with E-state index in [1.165, 1.54) is 12.8 Å². The second kappa shape index (κ2) is 5.31. The molecule has 1 aliphatic heterocycles. The average molecular weight is 235 g/mol. The van der Waals surface area contributed by atoms with Crippen molar-refractivity contribution in [3.8, 4) is 0 Å². The van der Waals surface area contributed by atoms with E-state index in [9.17, 15) is 0 Å². The molecule has 2 heterocycles. The van der Waals surface area contributed by atoms with E-state index >= 15 is 0 Å². The predicted octanol–water partition coefficient (Wildman–Crippen LogP) is 1.14. The zero-order valence-electron chi connectivity index (χ0n) is 10.6. The monoisotopic (exact) mass is 235 g/mol. The Kier molecular flexibility index (Phi) is 3.78. The minimum atomic E-state index is 0.419. The number of aromatic nitrogens is 2. The third-order valence-electron chi connectivity index (χ3n) is 3.27. The highest BCUT2D eigenvalue weighted by molar-refractivity contribution is 5.50. The van der Waals surface area contributed by atoms with Crippen LogP contribution in [0.5, 0.6) is 0 Å². The van der Waals surface area contributed by atoms with Gasteiger partial charge in [-0.1, -0.05) is 0 Å². The van der Waals surface area contributed by atoms with Crippen LogP contribution < -0.4 is 16.0 Å². The molecule has 1 fully saturated rings. The summed E-state index contributed by atoms with van der Waals surface area (Å²) < 4.78 is 0. The molecule has 2 rings (SSSR count). The van der Waals surface area contributed by atoms with Gasteiger partial charge in [-0.25, -0.2) is 9.97 Å². The molecule has 0 aliphatic carbocycles. The Morgan fingerprint density at radius 3 is 3.00 bits per heavy atom. The zero-order chi connectivity index (χ0) is 12.3. The summed E-state index contributed by atoms with van der Waals surface area (Å²) in [6.45, 7) is 3.66. The molecule has 0 saturated carbocycles. The van der Waals surface area contributed by atoms with E-state index in [-0.39, 0.29) is 0 Å². The van der Waals surface area contributed by atoms with Crippen LogP contribution in [0.1, 0.15) is 25.1 Å². The van der Waals surface area contributed by atoms with Gasteiger partial charge in [0.1, 0.15) is 17.5 Å². The maximum absolute atomic E-state index is 5.84. The van der Waals surface area contributed by atoms with Crippen molar-refractivity contribution >= 4 is 11.6 Å². The van der Waals surface area contributed by atoms with Crippen LogP contribution >= 0.6 is 0 Å². The first-order chi connectivity index (χ1) is 8.24. The quantitative estimate of drug-likeness (QED) is 0.822. The van der Waals surface area contributed by atoms with Gasteiger partial charge in [-0.15, -0.1) is 0 Å². The van der Waals surface area contributed by atoms with E-state index < -0.39 is 0 Å². The molecule has 94 valence electrons. The third-order valence-corrected chi connectivity index (χ3v) is 3.27. The van der Waals surface area contributed by atoms with Gasteiger partial charge >= 0.3 is 0 Å². The van der Waals surface area contributed by atoms with Gasteiger partial charge < -0.3 is 16.0 Å². The van der Waals surface area contributed by atoms with Crippen molar-refractivity contribution in [3.05, 3.63) is 11.9 Å². The number of nitrogens with zero attached hydrogens (tertiary/aromatic N) is 3. The molecule has 1 aliphatic rings. The number of nitrogens with one attached hydrogen (secondary N) is 1. The highest BCUT2D eigenvalue weighted by Crippen LogP contribution is 2.24. The Balaban J connectivity index is 2.27. The Morgan fingerprint density at radius 1 is 1.47 bits per heavy atom. The Hall–Kier alpha value is -1.36. The fourth-order valence-electron chi connectivity index (χ4n) is 2.37. The molecule has 3 N–H and O–H groups in total. The molecule has 1 aromatic rings. The number of aryl methyl sites for hydroxylation is 1. The van der Waals surface area contributed by atoms with Crippen molar-refractivity contribution in [2.45, 2.75) is 32.2 Å². The minimum Gasteiger partial charge on any atom is -0.373 e. The Labute approximate surface area is 102 Å². The summed E-state index contributed by atoms with van der Waals surface area (Å²) in [5, 5.41) is 3.07. The fraction of sp³-hybridized carbons (Fsp3) is 0.667. The van der Waals surface area contributed by atoms with Crippen molar-refractivity contribution < 1.29 is 0 Å². The van der Waals surface area contributed by atoms with Gasteiger partial charge in [0, 0.05) is 32.2 Å². The highest BCUT2D eigenvalue weighted by atomic mass is 15.2. The van der Waals surface area contributed by atoms with E-state index in [1.807, 2.05) is 20.0 Å². The fourth-order valence-corrected chi connectivity index (χ4v) is 2.37. The van der Waals surface area contributed by atoms with Crippen molar-refractivity contribution in [2.24, 2.45) is 5.73 Å². The van der Waals surface area contributed by atoms with Crippen LogP contribution in [-0.2, 0) is 0 Å². The molecule has 0 aromatic carbocycles. The van der Waals surface area contributed by atoms with Crippen LogP contribution in [0.2, 0.25) is 0 Å². The summed E-state index contributed by atoms with van der Waals surface area (Å²) in [7, 11) is 1.88. The highest BCUT2D eigenvalue weighted by Gasteiger charge is 2.22. The largest absolute Gasteiger partial charge is 0.373 e. The molecule has 0 bridgehead atoms. The molecule has 5 nitrogen and oxygen atoms in total. The molecule has 1 aromatic heterocycles. The molecular formula is C12H21N5. The summed E-state index contributed by atoms with van der Waals surface area (Å²) in [5.41, 5.74) is 5.84. The molecule has 1 atom stereocenters. The lowest BCUT2D eigenvalue weighted by Gasteiger charge is -2.36. The molecule has 5 heteroatoms. The van der Waals surface area contributed by atoms with Crippen LogP contribution in [0.3, 0.4) is 0 Å². The first-order valence-corrected chi connectivity index (χ1v) is 6.24. The smallest absolute Gasteiger partial charge is 0.134 e. The normalized spacial score (nSPS) is 20.4. The van der Waals surface area contributed by atoms with E-state index in [1.54, 1.807) is 0 Å². The predicted molar refractivity (Wildman–Crippen MR) is 70.4 cm³/mol. The topological polar surface area (TPSA) is 67.1 Å². The van der Waals surface area contributed by atoms with Crippen LogP contribution in [0, 0.1) is 6.92 Å².